The predicted molar refractivity (Wildman–Crippen MR) is 102 cm³/mol. The van der Waals surface area contributed by atoms with Gasteiger partial charge in [-0.1, -0.05) is 0 Å². The van der Waals surface area contributed by atoms with Gasteiger partial charge in [0.2, 0.25) is 15.9 Å². The number of carbonyl (C=O) groups is 1. The van der Waals surface area contributed by atoms with Crippen LogP contribution in [0.15, 0.2) is 5.38 Å². The van der Waals surface area contributed by atoms with Crippen molar-refractivity contribution < 1.29 is 31.5 Å². The standard InChI is InChI=1S/C15H17F3N4O4S3/c1-8-12(28-11(6-23)19-8)10-7-27-14(20-10)21-13(24)9-4-22(5-9)29(25,26)3-2-15(16,17)18/h7,9,23H,2-6H2,1H3,(H,20,21,24). The lowest BCUT2D eigenvalue weighted by molar-refractivity contribution is -0.130. The molecular formula is C15H17F3N4O4S3. The Kier molecular flexibility index (Phi) is 6.29. The van der Waals surface area contributed by atoms with Crippen LogP contribution in [-0.4, -0.2) is 58.7 Å². The van der Waals surface area contributed by atoms with Gasteiger partial charge in [-0.25, -0.2) is 22.7 Å². The van der Waals surface area contributed by atoms with Crippen LogP contribution in [0.5, 0.6) is 0 Å². The lowest BCUT2D eigenvalue weighted by Crippen LogP contribution is -2.55. The van der Waals surface area contributed by atoms with E-state index >= 15 is 0 Å². The number of rotatable bonds is 7. The molecule has 0 aromatic carbocycles. The van der Waals surface area contributed by atoms with E-state index in [1.165, 1.54) is 22.7 Å². The smallest absolute Gasteiger partial charge is 0.389 e. The van der Waals surface area contributed by atoms with Gasteiger partial charge in [0.15, 0.2) is 5.13 Å². The van der Waals surface area contributed by atoms with Gasteiger partial charge in [0.1, 0.15) is 5.01 Å². The van der Waals surface area contributed by atoms with Crippen molar-refractivity contribution in [3.05, 3.63) is 16.1 Å². The Labute approximate surface area is 172 Å². The second kappa shape index (κ2) is 8.26. The van der Waals surface area contributed by atoms with Gasteiger partial charge in [0.25, 0.3) is 0 Å². The number of sulfonamides is 1. The average Bonchev–Trinajstić information content (AvgIpc) is 3.17. The van der Waals surface area contributed by atoms with Gasteiger partial charge in [-0.2, -0.15) is 13.2 Å². The van der Waals surface area contributed by atoms with Crippen molar-refractivity contribution in [2.75, 3.05) is 24.2 Å². The molecular weight excluding hydrogens is 453 g/mol. The number of nitrogens with one attached hydrogen (secondary N) is 1. The number of hydrogen-bond acceptors (Lipinski definition) is 8. The summed E-state index contributed by atoms with van der Waals surface area (Å²) in [6.07, 6.45) is -5.97. The molecule has 1 aliphatic heterocycles. The number of nitrogens with zero attached hydrogens (tertiary/aromatic N) is 3. The largest absolute Gasteiger partial charge is 0.390 e. The van der Waals surface area contributed by atoms with Crippen molar-refractivity contribution in [2.24, 2.45) is 5.92 Å². The quantitative estimate of drug-likeness (QED) is 0.642. The number of aromatic nitrogens is 2. The maximum atomic E-state index is 12.3. The van der Waals surface area contributed by atoms with Crippen LogP contribution in [-0.2, 0) is 21.4 Å². The Bertz CT molecular complexity index is 997. The summed E-state index contributed by atoms with van der Waals surface area (Å²) >= 11 is 2.48. The molecule has 1 fully saturated rings. The number of carbonyl (C=O) groups excluding carboxylic acids is 1. The monoisotopic (exact) mass is 470 g/mol. The highest BCUT2D eigenvalue weighted by molar-refractivity contribution is 7.89. The van der Waals surface area contributed by atoms with Crippen LogP contribution in [0.1, 0.15) is 17.1 Å². The van der Waals surface area contributed by atoms with E-state index in [1.807, 2.05) is 0 Å². The molecule has 3 heterocycles. The summed E-state index contributed by atoms with van der Waals surface area (Å²) in [6.45, 7) is 1.30. The predicted octanol–water partition coefficient (Wildman–Crippen LogP) is 2.22. The van der Waals surface area contributed by atoms with E-state index in [1.54, 1.807) is 12.3 Å². The molecule has 0 unspecified atom stereocenters. The molecule has 160 valence electrons. The number of aliphatic hydroxyl groups is 1. The minimum atomic E-state index is -4.55. The van der Waals surface area contributed by atoms with Gasteiger partial charge in [0.05, 0.1) is 41.0 Å². The Morgan fingerprint density at radius 1 is 1.38 bits per heavy atom. The highest BCUT2D eigenvalue weighted by Gasteiger charge is 2.41. The molecule has 0 aliphatic carbocycles. The Hall–Kier alpha value is -1.61. The minimum absolute atomic E-state index is 0.155. The maximum absolute atomic E-state index is 12.3. The van der Waals surface area contributed by atoms with Crippen molar-refractivity contribution in [1.29, 1.82) is 0 Å². The third-order valence-corrected chi connectivity index (χ3v) is 7.93. The zero-order chi connectivity index (χ0) is 21.4. The van der Waals surface area contributed by atoms with E-state index < -0.39 is 40.2 Å². The fourth-order valence-corrected chi connectivity index (χ4v) is 5.83. The third-order valence-electron chi connectivity index (χ3n) is 4.20. The molecule has 0 atom stereocenters. The van der Waals surface area contributed by atoms with E-state index in [2.05, 4.69) is 15.3 Å². The number of aliphatic hydroxyl groups excluding tert-OH is 1. The number of aryl methyl sites for hydroxylation is 1. The first-order chi connectivity index (χ1) is 13.5. The Morgan fingerprint density at radius 3 is 2.66 bits per heavy atom. The van der Waals surface area contributed by atoms with Gasteiger partial charge in [-0.15, -0.1) is 22.7 Å². The van der Waals surface area contributed by atoms with Crippen molar-refractivity contribution in [3.8, 4) is 10.6 Å². The van der Waals surface area contributed by atoms with E-state index in [0.717, 1.165) is 9.18 Å². The first-order valence-corrected chi connectivity index (χ1v) is 11.7. The normalized spacial score (nSPS) is 16.0. The van der Waals surface area contributed by atoms with Crippen LogP contribution < -0.4 is 5.32 Å². The van der Waals surface area contributed by atoms with E-state index in [9.17, 15) is 26.4 Å². The number of anilines is 1. The zero-order valence-corrected chi connectivity index (χ0v) is 17.5. The highest BCUT2D eigenvalue weighted by atomic mass is 32.2. The fourth-order valence-electron chi connectivity index (χ4n) is 2.61. The summed E-state index contributed by atoms with van der Waals surface area (Å²) in [7, 11) is -4.04. The van der Waals surface area contributed by atoms with Gasteiger partial charge in [0, 0.05) is 18.5 Å². The highest BCUT2D eigenvalue weighted by Crippen LogP contribution is 2.33. The number of halogens is 3. The van der Waals surface area contributed by atoms with Crippen LogP contribution in [0.2, 0.25) is 0 Å². The van der Waals surface area contributed by atoms with E-state index in [0.29, 0.717) is 21.5 Å². The van der Waals surface area contributed by atoms with Crippen LogP contribution in [0.4, 0.5) is 18.3 Å². The molecule has 1 saturated heterocycles. The Balaban J connectivity index is 1.55. The molecule has 0 radical (unpaired) electrons. The van der Waals surface area contributed by atoms with Crippen LogP contribution in [0, 0.1) is 12.8 Å². The summed E-state index contributed by atoms with van der Waals surface area (Å²) in [5, 5.41) is 14.4. The molecule has 1 aliphatic rings. The van der Waals surface area contributed by atoms with Crippen LogP contribution >= 0.6 is 22.7 Å². The summed E-state index contributed by atoms with van der Waals surface area (Å²) in [6, 6.07) is 0. The molecule has 0 saturated carbocycles. The van der Waals surface area contributed by atoms with Crippen molar-refractivity contribution in [2.45, 2.75) is 26.1 Å². The summed E-state index contributed by atoms with van der Waals surface area (Å²) in [4.78, 5) is 21.5. The van der Waals surface area contributed by atoms with Crippen molar-refractivity contribution >= 4 is 43.7 Å². The number of hydrogen-bond donors (Lipinski definition) is 2. The second-order valence-electron chi connectivity index (χ2n) is 6.40. The van der Waals surface area contributed by atoms with Gasteiger partial charge in [-0.3, -0.25) is 4.79 Å². The molecule has 0 bridgehead atoms. The molecule has 29 heavy (non-hydrogen) atoms. The van der Waals surface area contributed by atoms with E-state index in [-0.39, 0.29) is 19.7 Å². The summed E-state index contributed by atoms with van der Waals surface area (Å²) in [5.41, 5.74) is 1.31. The van der Waals surface area contributed by atoms with Gasteiger partial charge < -0.3 is 10.4 Å². The molecule has 14 heteroatoms. The molecule has 0 spiro atoms. The third kappa shape index (κ3) is 5.31. The van der Waals surface area contributed by atoms with E-state index in [4.69, 9.17) is 5.11 Å². The molecule has 2 aromatic rings. The topological polar surface area (TPSA) is 112 Å². The lowest BCUT2D eigenvalue weighted by Gasteiger charge is -2.36. The summed E-state index contributed by atoms with van der Waals surface area (Å²) < 4.78 is 61.3. The number of amides is 1. The molecule has 2 N–H and O–H groups in total. The van der Waals surface area contributed by atoms with Crippen molar-refractivity contribution in [3.63, 3.8) is 0 Å². The number of thiazole rings is 2. The Morgan fingerprint density at radius 2 is 2.07 bits per heavy atom. The first-order valence-electron chi connectivity index (χ1n) is 8.37. The number of alkyl halides is 3. The fraction of sp³-hybridized carbons (Fsp3) is 0.533. The average molecular weight is 471 g/mol. The molecule has 2 aromatic heterocycles. The minimum Gasteiger partial charge on any atom is -0.389 e. The van der Waals surface area contributed by atoms with Crippen molar-refractivity contribution in [1.82, 2.24) is 14.3 Å². The maximum Gasteiger partial charge on any atom is 0.390 e. The van der Waals surface area contributed by atoms with Gasteiger partial charge in [-0.05, 0) is 6.92 Å². The SMILES string of the molecule is Cc1nc(CO)sc1-c1csc(NC(=O)C2CN(S(=O)(=O)CCC(F)(F)F)C2)n1. The molecule has 1 amide bonds. The second-order valence-corrected chi connectivity index (χ2v) is 10.4. The van der Waals surface area contributed by atoms with Crippen LogP contribution in [0.3, 0.4) is 0 Å². The van der Waals surface area contributed by atoms with Gasteiger partial charge >= 0.3 is 6.18 Å². The lowest BCUT2D eigenvalue weighted by atomic mass is 10.0. The molecule has 8 nitrogen and oxygen atoms in total. The zero-order valence-electron chi connectivity index (χ0n) is 15.1. The molecule has 3 rings (SSSR count). The summed E-state index contributed by atoms with van der Waals surface area (Å²) in [5.74, 6) is -2.11. The first kappa shape index (κ1) is 22.1. The van der Waals surface area contributed by atoms with Crippen LogP contribution in [0.25, 0.3) is 10.6 Å².